The van der Waals surface area contributed by atoms with Gasteiger partial charge in [0.2, 0.25) is 11.9 Å². The molecule has 3 aromatic rings. The molecule has 0 unspecified atom stereocenters. The largest absolute Gasteiger partial charge is 0.459 e. The fourth-order valence-corrected chi connectivity index (χ4v) is 2.72. The molecule has 1 aliphatic rings. The van der Waals surface area contributed by atoms with Crippen molar-refractivity contribution in [1.82, 2.24) is 10.2 Å². The molecular weight excluding hydrogens is 306 g/mol. The van der Waals surface area contributed by atoms with Crippen LogP contribution in [-0.2, 0) is 0 Å². The zero-order valence-electron chi connectivity index (χ0n) is 11.1. The molecule has 4 rings (SSSR count). The molecule has 0 saturated heterocycles. The number of ether oxygens (including phenoxy) is 2. The summed E-state index contributed by atoms with van der Waals surface area (Å²) in [6, 6.07) is 8.75. The molecule has 0 saturated carbocycles. The second kappa shape index (κ2) is 5.15. The predicted molar refractivity (Wildman–Crippen MR) is 78.1 cm³/mol. The molecule has 0 bridgehead atoms. The summed E-state index contributed by atoms with van der Waals surface area (Å²) in [4.78, 5) is 11.9. The average Bonchev–Trinajstić information content (AvgIpc) is 3.27. The van der Waals surface area contributed by atoms with Gasteiger partial charge in [-0.05, 0) is 30.3 Å². The molecule has 3 heterocycles. The van der Waals surface area contributed by atoms with Gasteiger partial charge in [0.25, 0.3) is 5.91 Å². The van der Waals surface area contributed by atoms with Gasteiger partial charge in [0.1, 0.15) is 5.01 Å². The molecule has 2 aromatic heterocycles. The van der Waals surface area contributed by atoms with Gasteiger partial charge in [-0.15, -0.1) is 10.2 Å². The lowest BCUT2D eigenvalue weighted by atomic mass is 10.2. The lowest BCUT2D eigenvalue weighted by Gasteiger charge is -1.98. The number of hydrogen-bond donors (Lipinski definition) is 1. The Morgan fingerprint density at radius 2 is 2.09 bits per heavy atom. The molecule has 1 aliphatic heterocycles. The van der Waals surface area contributed by atoms with Crippen molar-refractivity contribution in [3.05, 3.63) is 42.4 Å². The molecule has 7 nitrogen and oxygen atoms in total. The smallest absolute Gasteiger partial charge is 0.293 e. The van der Waals surface area contributed by atoms with E-state index in [-0.39, 0.29) is 18.5 Å². The first-order chi connectivity index (χ1) is 10.8. The lowest BCUT2D eigenvalue weighted by Crippen LogP contribution is -2.10. The Balaban J connectivity index is 1.55. The number of hydrogen-bond acceptors (Lipinski definition) is 7. The Labute approximate surface area is 128 Å². The molecule has 1 N–H and O–H groups in total. The normalized spacial score (nSPS) is 12.4. The summed E-state index contributed by atoms with van der Waals surface area (Å²) in [6.45, 7) is 0.222. The minimum absolute atomic E-state index is 0.222. The zero-order chi connectivity index (χ0) is 14.9. The molecule has 0 aliphatic carbocycles. The van der Waals surface area contributed by atoms with Gasteiger partial charge in [-0.2, -0.15) is 0 Å². The Morgan fingerprint density at radius 1 is 1.18 bits per heavy atom. The van der Waals surface area contributed by atoms with Gasteiger partial charge in [-0.25, -0.2) is 0 Å². The van der Waals surface area contributed by atoms with Crippen LogP contribution in [0.5, 0.6) is 11.5 Å². The second-order valence-corrected chi connectivity index (χ2v) is 5.39. The van der Waals surface area contributed by atoms with Crippen LogP contribution in [0, 0.1) is 0 Å². The Bertz CT molecular complexity index is 828. The highest BCUT2D eigenvalue weighted by molar-refractivity contribution is 7.18. The molecule has 8 heteroatoms. The molecular formula is C14H9N3O4S. The third-order valence-corrected chi connectivity index (χ3v) is 3.90. The topological polar surface area (TPSA) is 86.5 Å². The van der Waals surface area contributed by atoms with E-state index in [1.54, 1.807) is 12.1 Å². The second-order valence-electron chi connectivity index (χ2n) is 4.41. The van der Waals surface area contributed by atoms with E-state index in [0.29, 0.717) is 21.6 Å². The summed E-state index contributed by atoms with van der Waals surface area (Å²) in [6.07, 6.45) is 1.44. The highest BCUT2D eigenvalue weighted by Gasteiger charge is 2.17. The number of furan rings is 1. The third-order valence-electron chi connectivity index (χ3n) is 3.01. The van der Waals surface area contributed by atoms with Crippen LogP contribution in [0.1, 0.15) is 10.6 Å². The number of anilines is 1. The van der Waals surface area contributed by atoms with Gasteiger partial charge in [0, 0.05) is 5.56 Å². The Hall–Kier alpha value is -2.87. The summed E-state index contributed by atoms with van der Waals surface area (Å²) >= 11 is 1.26. The van der Waals surface area contributed by atoms with Crippen LogP contribution < -0.4 is 14.8 Å². The van der Waals surface area contributed by atoms with Gasteiger partial charge < -0.3 is 13.9 Å². The monoisotopic (exact) mass is 315 g/mol. The van der Waals surface area contributed by atoms with E-state index >= 15 is 0 Å². The van der Waals surface area contributed by atoms with Crippen molar-refractivity contribution in [1.29, 1.82) is 0 Å². The van der Waals surface area contributed by atoms with Crippen LogP contribution in [0.15, 0.2) is 41.0 Å². The van der Waals surface area contributed by atoms with E-state index in [0.717, 1.165) is 5.56 Å². The van der Waals surface area contributed by atoms with Crippen molar-refractivity contribution in [2.75, 3.05) is 12.1 Å². The number of carbonyl (C=O) groups excluding carboxylic acids is 1. The van der Waals surface area contributed by atoms with Crippen molar-refractivity contribution in [3.63, 3.8) is 0 Å². The van der Waals surface area contributed by atoms with Gasteiger partial charge >= 0.3 is 0 Å². The number of rotatable bonds is 3. The van der Waals surface area contributed by atoms with Crippen molar-refractivity contribution in [2.45, 2.75) is 0 Å². The molecule has 0 fully saturated rings. The van der Waals surface area contributed by atoms with E-state index in [1.807, 2.05) is 18.2 Å². The van der Waals surface area contributed by atoms with Gasteiger partial charge in [0.15, 0.2) is 17.3 Å². The van der Waals surface area contributed by atoms with Crippen LogP contribution in [0.25, 0.3) is 10.6 Å². The van der Waals surface area contributed by atoms with E-state index in [9.17, 15) is 4.79 Å². The standard InChI is InChI=1S/C14H9N3O4S/c18-12(10-2-1-5-19-10)15-14-17-16-13(22-14)8-3-4-9-11(6-8)21-7-20-9/h1-6H,7H2,(H,15,17,18). The third kappa shape index (κ3) is 2.29. The summed E-state index contributed by atoms with van der Waals surface area (Å²) in [7, 11) is 0. The number of nitrogens with one attached hydrogen (secondary N) is 1. The number of aromatic nitrogens is 2. The lowest BCUT2D eigenvalue weighted by molar-refractivity contribution is 0.0996. The minimum atomic E-state index is -0.363. The van der Waals surface area contributed by atoms with Crippen molar-refractivity contribution in [2.24, 2.45) is 0 Å². The van der Waals surface area contributed by atoms with E-state index in [2.05, 4.69) is 15.5 Å². The summed E-state index contributed by atoms with van der Waals surface area (Å²) in [5, 5.41) is 11.7. The van der Waals surface area contributed by atoms with Crippen LogP contribution in [0.4, 0.5) is 5.13 Å². The fraction of sp³-hybridized carbons (Fsp3) is 0.0714. The average molecular weight is 315 g/mol. The molecule has 0 radical (unpaired) electrons. The summed E-state index contributed by atoms with van der Waals surface area (Å²) in [5.41, 5.74) is 0.847. The molecule has 1 amide bonds. The van der Waals surface area contributed by atoms with Crippen molar-refractivity contribution in [3.8, 4) is 22.1 Å². The molecule has 22 heavy (non-hydrogen) atoms. The maximum Gasteiger partial charge on any atom is 0.293 e. The number of nitrogens with zero attached hydrogens (tertiary/aromatic N) is 2. The molecule has 1 aromatic carbocycles. The molecule has 0 atom stereocenters. The fourth-order valence-electron chi connectivity index (χ4n) is 1.99. The zero-order valence-corrected chi connectivity index (χ0v) is 11.9. The number of carbonyl (C=O) groups is 1. The number of amides is 1. The van der Waals surface area contributed by atoms with Gasteiger partial charge in [-0.1, -0.05) is 11.3 Å². The van der Waals surface area contributed by atoms with Gasteiger partial charge in [-0.3, -0.25) is 10.1 Å². The highest BCUT2D eigenvalue weighted by Crippen LogP contribution is 2.37. The summed E-state index contributed by atoms with van der Waals surface area (Å²) in [5.74, 6) is 1.24. The first-order valence-corrected chi connectivity index (χ1v) is 7.19. The van der Waals surface area contributed by atoms with Crippen molar-refractivity contribution < 1.29 is 18.7 Å². The van der Waals surface area contributed by atoms with Gasteiger partial charge in [0.05, 0.1) is 6.26 Å². The predicted octanol–water partition coefficient (Wildman–Crippen LogP) is 2.78. The van der Waals surface area contributed by atoms with Crippen LogP contribution in [0.2, 0.25) is 0 Å². The minimum Gasteiger partial charge on any atom is -0.459 e. The van der Waals surface area contributed by atoms with E-state index in [1.165, 1.54) is 17.6 Å². The number of benzene rings is 1. The highest BCUT2D eigenvalue weighted by atomic mass is 32.1. The quantitative estimate of drug-likeness (QED) is 0.800. The SMILES string of the molecule is O=C(Nc1nnc(-c2ccc3c(c2)OCO3)s1)c1ccco1. The van der Waals surface area contributed by atoms with Crippen LogP contribution >= 0.6 is 11.3 Å². The maximum atomic E-state index is 11.9. The first kappa shape index (κ1) is 12.8. The Morgan fingerprint density at radius 3 is 2.95 bits per heavy atom. The summed E-state index contributed by atoms with van der Waals surface area (Å²) < 4.78 is 15.6. The van der Waals surface area contributed by atoms with E-state index < -0.39 is 0 Å². The van der Waals surface area contributed by atoms with E-state index in [4.69, 9.17) is 13.9 Å². The number of fused-ring (bicyclic) bond motifs is 1. The molecule has 0 spiro atoms. The molecule has 110 valence electrons. The van der Waals surface area contributed by atoms with Crippen LogP contribution in [-0.4, -0.2) is 22.9 Å². The van der Waals surface area contributed by atoms with Crippen LogP contribution in [0.3, 0.4) is 0 Å². The van der Waals surface area contributed by atoms with Crippen molar-refractivity contribution >= 4 is 22.4 Å². The maximum absolute atomic E-state index is 11.9. The Kier molecular flexibility index (Phi) is 3.01. The first-order valence-electron chi connectivity index (χ1n) is 6.38.